The third kappa shape index (κ3) is 6.41. The zero-order valence-corrected chi connectivity index (χ0v) is 17.5. The predicted molar refractivity (Wildman–Crippen MR) is 124 cm³/mol. The summed E-state index contributed by atoms with van der Waals surface area (Å²) in [7, 11) is 0. The lowest BCUT2D eigenvalue weighted by atomic mass is 10.0. The molecule has 3 aromatic carbocycles. The Balaban J connectivity index is 1.51. The van der Waals surface area contributed by atoms with Gasteiger partial charge in [-0.25, -0.2) is 0 Å². The Hall–Kier alpha value is -4.17. The first kappa shape index (κ1) is 22.5. The number of anilines is 1. The van der Waals surface area contributed by atoms with Crippen molar-refractivity contribution in [2.45, 2.75) is 19.3 Å². The quantitative estimate of drug-likeness (QED) is 0.296. The molecule has 32 heavy (non-hydrogen) atoms. The van der Waals surface area contributed by atoms with E-state index in [1.807, 2.05) is 30.3 Å². The van der Waals surface area contributed by atoms with Gasteiger partial charge in [0.25, 0.3) is 5.91 Å². The summed E-state index contributed by atoms with van der Waals surface area (Å²) in [6.07, 6.45) is 6.69. The topological polar surface area (TPSA) is 72.5 Å². The fourth-order valence-corrected chi connectivity index (χ4v) is 3.11. The van der Waals surface area contributed by atoms with Crippen LogP contribution in [0.1, 0.15) is 34.3 Å². The maximum Gasteiger partial charge on any atom is 0.291 e. The number of hydrogen-bond donors (Lipinski definition) is 1. The van der Waals surface area contributed by atoms with Gasteiger partial charge in [-0.2, -0.15) is 0 Å². The molecule has 0 radical (unpaired) electrons. The maximum absolute atomic E-state index is 12.6. The third-order valence-electron chi connectivity index (χ3n) is 4.81. The van der Waals surface area contributed by atoms with E-state index in [0.717, 1.165) is 12.0 Å². The summed E-state index contributed by atoms with van der Waals surface area (Å²) in [6.45, 7) is 0.163. The summed E-state index contributed by atoms with van der Waals surface area (Å²) >= 11 is 0. The first-order valence-corrected chi connectivity index (χ1v) is 10.3. The SMILES string of the molecule is C#CCOc1ccc(C(=O)c2ccc(NC(=O)C(=O)CCCc3ccccc3)cc2)cc1. The number of Topliss-reactive ketones (excluding diaryl/α,β-unsaturated/α-hetero) is 1. The molecule has 0 aliphatic carbocycles. The van der Waals surface area contributed by atoms with Gasteiger partial charge in [0.15, 0.2) is 5.78 Å². The largest absolute Gasteiger partial charge is 0.481 e. The van der Waals surface area contributed by atoms with E-state index in [0.29, 0.717) is 29.0 Å². The number of aryl methyl sites for hydroxylation is 1. The summed E-state index contributed by atoms with van der Waals surface area (Å²) in [6, 6.07) is 22.9. The summed E-state index contributed by atoms with van der Waals surface area (Å²) in [5, 5.41) is 2.59. The second kappa shape index (κ2) is 11.3. The van der Waals surface area contributed by atoms with Gasteiger partial charge in [-0.15, -0.1) is 6.42 Å². The Morgan fingerprint density at radius 1 is 0.844 bits per heavy atom. The highest BCUT2D eigenvalue weighted by atomic mass is 16.5. The Bertz CT molecular complexity index is 1110. The molecule has 0 aliphatic heterocycles. The molecular weight excluding hydrogens is 402 g/mol. The number of ether oxygens (including phenoxy) is 1. The van der Waals surface area contributed by atoms with Gasteiger partial charge in [0.2, 0.25) is 5.78 Å². The molecule has 0 bridgehead atoms. The number of rotatable bonds is 10. The Morgan fingerprint density at radius 3 is 2.09 bits per heavy atom. The smallest absolute Gasteiger partial charge is 0.291 e. The molecule has 3 aromatic rings. The third-order valence-corrected chi connectivity index (χ3v) is 4.81. The lowest BCUT2D eigenvalue weighted by Gasteiger charge is -2.07. The van der Waals surface area contributed by atoms with Crippen molar-refractivity contribution in [2.24, 2.45) is 0 Å². The first-order valence-electron chi connectivity index (χ1n) is 10.3. The van der Waals surface area contributed by atoms with Crippen LogP contribution in [0.4, 0.5) is 5.69 Å². The first-order chi connectivity index (χ1) is 15.6. The predicted octanol–water partition coefficient (Wildman–Crippen LogP) is 4.46. The van der Waals surface area contributed by atoms with Crippen LogP contribution >= 0.6 is 0 Å². The number of amides is 1. The molecule has 0 aliphatic rings. The van der Waals surface area contributed by atoms with Crippen LogP contribution in [0, 0.1) is 12.3 Å². The highest BCUT2D eigenvalue weighted by Gasteiger charge is 2.14. The minimum Gasteiger partial charge on any atom is -0.481 e. The fraction of sp³-hybridized carbons (Fsp3) is 0.148. The zero-order valence-electron chi connectivity index (χ0n) is 17.5. The van der Waals surface area contributed by atoms with Crippen molar-refractivity contribution in [1.29, 1.82) is 0 Å². The van der Waals surface area contributed by atoms with Crippen molar-refractivity contribution in [2.75, 3.05) is 11.9 Å². The monoisotopic (exact) mass is 425 g/mol. The lowest BCUT2D eigenvalue weighted by Crippen LogP contribution is -2.22. The van der Waals surface area contributed by atoms with Crippen molar-refractivity contribution in [1.82, 2.24) is 0 Å². The number of terminal acetylenes is 1. The van der Waals surface area contributed by atoms with Crippen LogP contribution in [-0.4, -0.2) is 24.1 Å². The van der Waals surface area contributed by atoms with Crippen LogP contribution in [0.3, 0.4) is 0 Å². The number of ketones is 2. The maximum atomic E-state index is 12.6. The van der Waals surface area contributed by atoms with E-state index in [1.54, 1.807) is 48.5 Å². The molecule has 0 unspecified atom stereocenters. The molecule has 160 valence electrons. The highest BCUT2D eigenvalue weighted by Crippen LogP contribution is 2.17. The van der Waals surface area contributed by atoms with Crippen LogP contribution < -0.4 is 10.1 Å². The molecule has 1 amide bonds. The lowest BCUT2D eigenvalue weighted by molar-refractivity contribution is -0.134. The van der Waals surface area contributed by atoms with Crippen LogP contribution in [-0.2, 0) is 16.0 Å². The fourth-order valence-electron chi connectivity index (χ4n) is 3.11. The zero-order chi connectivity index (χ0) is 22.8. The average molecular weight is 425 g/mol. The second-order valence-electron chi connectivity index (χ2n) is 7.14. The van der Waals surface area contributed by atoms with E-state index in [-0.39, 0.29) is 18.8 Å². The van der Waals surface area contributed by atoms with Gasteiger partial charge in [-0.3, -0.25) is 14.4 Å². The Labute approximate surface area is 187 Å². The van der Waals surface area contributed by atoms with E-state index >= 15 is 0 Å². The molecule has 5 nitrogen and oxygen atoms in total. The molecule has 0 atom stereocenters. The van der Waals surface area contributed by atoms with Gasteiger partial charge in [0, 0.05) is 23.2 Å². The van der Waals surface area contributed by atoms with Gasteiger partial charge in [0.1, 0.15) is 12.4 Å². The van der Waals surface area contributed by atoms with E-state index in [1.165, 1.54) is 0 Å². The normalized spacial score (nSPS) is 10.1. The minimum absolute atomic E-state index is 0.163. The van der Waals surface area contributed by atoms with Crippen molar-refractivity contribution >= 4 is 23.2 Å². The van der Waals surface area contributed by atoms with Gasteiger partial charge in [0.05, 0.1) is 0 Å². The van der Waals surface area contributed by atoms with E-state index in [4.69, 9.17) is 11.2 Å². The molecule has 0 fully saturated rings. The molecule has 0 aromatic heterocycles. The average Bonchev–Trinajstić information content (AvgIpc) is 2.83. The van der Waals surface area contributed by atoms with Crippen LogP contribution in [0.25, 0.3) is 0 Å². The van der Waals surface area contributed by atoms with E-state index < -0.39 is 11.7 Å². The van der Waals surface area contributed by atoms with E-state index in [9.17, 15) is 14.4 Å². The molecule has 0 saturated carbocycles. The summed E-state index contributed by atoms with van der Waals surface area (Å²) in [5.74, 6) is 1.69. The Kier molecular flexibility index (Phi) is 7.94. The number of nitrogens with one attached hydrogen (secondary N) is 1. The van der Waals surface area contributed by atoms with Gasteiger partial charge in [-0.1, -0.05) is 36.3 Å². The van der Waals surface area contributed by atoms with Crippen LogP contribution in [0.15, 0.2) is 78.9 Å². The summed E-state index contributed by atoms with van der Waals surface area (Å²) < 4.78 is 5.30. The highest BCUT2D eigenvalue weighted by molar-refractivity contribution is 6.40. The van der Waals surface area contributed by atoms with Crippen molar-refractivity contribution in [3.8, 4) is 18.1 Å². The standard InChI is InChI=1S/C27H23NO4/c1-2-19-32-24-17-13-22(14-18-24)26(30)21-11-15-23(16-12-21)28-27(31)25(29)10-6-9-20-7-4-3-5-8-20/h1,3-5,7-8,11-18H,6,9-10,19H2,(H,28,31). The van der Waals surface area contributed by atoms with Gasteiger partial charge >= 0.3 is 0 Å². The molecule has 0 spiro atoms. The van der Waals surface area contributed by atoms with Crippen molar-refractivity contribution < 1.29 is 19.1 Å². The second-order valence-corrected chi connectivity index (χ2v) is 7.14. The van der Waals surface area contributed by atoms with Gasteiger partial charge < -0.3 is 10.1 Å². The minimum atomic E-state index is -0.653. The summed E-state index contributed by atoms with van der Waals surface area (Å²) in [5.41, 5.74) is 2.56. The number of carbonyl (C=O) groups excluding carboxylic acids is 3. The number of carbonyl (C=O) groups is 3. The van der Waals surface area contributed by atoms with Crippen molar-refractivity contribution in [3.05, 3.63) is 95.6 Å². The molecule has 0 heterocycles. The van der Waals surface area contributed by atoms with Crippen molar-refractivity contribution in [3.63, 3.8) is 0 Å². The van der Waals surface area contributed by atoms with E-state index in [2.05, 4.69) is 11.2 Å². The number of benzene rings is 3. The molecule has 3 rings (SSSR count). The van der Waals surface area contributed by atoms with Crippen LogP contribution in [0.2, 0.25) is 0 Å². The molecule has 1 N–H and O–H groups in total. The van der Waals surface area contributed by atoms with Gasteiger partial charge in [-0.05, 0) is 66.9 Å². The number of hydrogen-bond acceptors (Lipinski definition) is 4. The molecular formula is C27H23NO4. The molecule has 5 heteroatoms. The molecule has 0 saturated heterocycles. The Morgan fingerprint density at radius 2 is 1.47 bits per heavy atom. The van der Waals surface area contributed by atoms with Crippen LogP contribution in [0.5, 0.6) is 5.75 Å². The summed E-state index contributed by atoms with van der Waals surface area (Å²) in [4.78, 5) is 36.9.